The maximum Gasteiger partial charge on any atom is 0.287 e. The van der Waals surface area contributed by atoms with E-state index in [2.05, 4.69) is 9.97 Å². The highest BCUT2D eigenvalue weighted by atomic mass is 32.2. The van der Waals surface area contributed by atoms with Gasteiger partial charge in [-0.3, -0.25) is 15.1 Å². The Bertz CT molecular complexity index is 558. The molecule has 0 saturated carbocycles. The van der Waals surface area contributed by atoms with E-state index in [-0.39, 0.29) is 5.69 Å². The Morgan fingerprint density at radius 1 is 1.33 bits per heavy atom. The molecule has 18 heavy (non-hydrogen) atoms. The minimum Gasteiger partial charge on any atom is -0.261 e. The number of nitro groups is 1. The van der Waals surface area contributed by atoms with Gasteiger partial charge in [-0.15, -0.1) is 11.8 Å². The molecule has 0 radical (unpaired) electrons. The SMILES string of the molecule is Cc1ncccc1CSc1ccc([N+](=O)[O-])cn1. The van der Waals surface area contributed by atoms with Crippen molar-refractivity contribution in [2.45, 2.75) is 17.7 Å². The zero-order valence-corrected chi connectivity index (χ0v) is 10.6. The molecule has 92 valence electrons. The van der Waals surface area contributed by atoms with Crippen LogP contribution in [-0.4, -0.2) is 14.9 Å². The predicted octanol–water partition coefficient (Wildman–Crippen LogP) is 2.99. The quantitative estimate of drug-likeness (QED) is 0.480. The van der Waals surface area contributed by atoms with Gasteiger partial charge in [-0.2, -0.15) is 0 Å². The topological polar surface area (TPSA) is 68.9 Å². The van der Waals surface area contributed by atoms with Crippen molar-refractivity contribution in [3.8, 4) is 0 Å². The van der Waals surface area contributed by atoms with Gasteiger partial charge in [0, 0.05) is 23.7 Å². The Morgan fingerprint density at radius 3 is 2.78 bits per heavy atom. The molecule has 0 saturated heterocycles. The van der Waals surface area contributed by atoms with Crippen molar-refractivity contribution in [3.05, 3.63) is 58.0 Å². The molecule has 0 N–H and O–H groups in total. The fraction of sp³-hybridized carbons (Fsp3) is 0.167. The molecule has 2 aromatic heterocycles. The van der Waals surface area contributed by atoms with Crippen molar-refractivity contribution in [1.29, 1.82) is 0 Å². The highest BCUT2D eigenvalue weighted by Gasteiger charge is 2.06. The van der Waals surface area contributed by atoms with Gasteiger partial charge < -0.3 is 0 Å². The van der Waals surface area contributed by atoms with Gasteiger partial charge in [-0.1, -0.05) is 6.07 Å². The van der Waals surface area contributed by atoms with E-state index >= 15 is 0 Å². The molecule has 0 atom stereocenters. The zero-order valence-electron chi connectivity index (χ0n) is 9.74. The number of hydrogen-bond donors (Lipinski definition) is 0. The average molecular weight is 261 g/mol. The number of pyridine rings is 2. The first-order valence-electron chi connectivity index (χ1n) is 5.30. The second-order valence-electron chi connectivity index (χ2n) is 3.65. The molecule has 0 aliphatic rings. The second kappa shape index (κ2) is 5.59. The van der Waals surface area contributed by atoms with Crippen LogP contribution < -0.4 is 0 Å². The van der Waals surface area contributed by atoms with Gasteiger partial charge in [0.15, 0.2) is 0 Å². The first-order chi connectivity index (χ1) is 8.66. The summed E-state index contributed by atoms with van der Waals surface area (Å²) in [4.78, 5) is 18.3. The molecule has 2 rings (SSSR count). The van der Waals surface area contributed by atoms with Crippen LogP contribution in [0.1, 0.15) is 11.3 Å². The van der Waals surface area contributed by atoms with Crippen LogP contribution in [0.25, 0.3) is 0 Å². The van der Waals surface area contributed by atoms with E-state index in [4.69, 9.17) is 0 Å². The first-order valence-corrected chi connectivity index (χ1v) is 6.29. The van der Waals surface area contributed by atoms with Crippen LogP contribution in [0.4, 0.5) is 5.69 Å². The molecule has 0 aliphatic heterocycles. The van der Waals surface area contributed by atoms with E-state index in [0.717, 1.165) is 22.0 Å². The summed E-state index contributed by atoms with van der Waals surface area (Å²) in [5.74, 6) is 0.754. The Hall–Kier alpha value is -1.95. The van der Waals surface area contributed by atoms with E-state index in [1.165, 1.54) is 24.0 Å². The van der Waals surface area contributed by atoms with Gasteiger partial charge in [0.25, 0.3) is 5.69 Å². The summed E-state index contributed by atoms with van der Waals surface area (Å²) in [5.41, 5.74) is 2.14. The number of thioether (sulfide) groups is 1. The lowest BCUT2D eigenvalue weighted by Crippen LogP contribution is -1.91. The molecular formula is C12H11N3O2S. The van der Waals surface area contributed by atoms with E-state index in [9.17, 15) is 10.1 Å². The molecule has 0 unspecified atom stereocenters. The van der Waals surface area contributed by atoms with Gasteiger partial charge in [0.1, 0.15) is 6.20 Å². The van der Waals surface area contributed by atoms with Gasteiger partial charge in [0.2, 0.25) is 0 Å². The summed E-state index contributed by atoms with van der Waals surface area (Å²) in [6.07, 6.45) is 3.03. The number of nitrogens with zero attached hydrogens (tertiary/aromatic N) is 3. The van der Waals surface area contributed by atoms with Gasteiger partial charge in [0.05, 0.1) is 9.95 Å². The molecule has 2 heterocycles. The van der Waals surface area contributed by atoms with Gasteiger partial charge in [-0.25, -0.2) is 4.98 Å². The number of aryl methyl sites for hydroxylation is 1. The Morgan fingerprint density at radius 2 is 2.17 bits per heavy atom. The molecule has 0 aromatic carbocycles. The molecule has 5 nitrogen and oxygen atoms in total. The largest absolute Gasteiger partial charge is 0.287 e. The van der Waals surface area contributed by atoms with Crippen LogP contribution in [0.5, 0.6) is 0 Å². The highest BCUT2D eigenvalue weighted by Crippen LogP contribution is 2.23. The van der Waals surface area contributed by atoms with Crippen molar-refractivity contribution in [2.75, 3.05) is 0 Å². The number of hydrogen-bond acceptors (Lipinski definition) is 5. The monoisotopic (exact) mass is 261 g/mol. The fourth-order valence-electron chi connectivity index (χ4n) is 1.39. The zero-order chi connectivity index (χ0) is 13.0. The van der Waals surface area contributed by atoms with Crippen molar-refractivity contribution in [3.63, 3.8) is 0 Å². The smallest absolute Gasteiger partial charge is 0.261 e. The third-order valence-corrected chi connectivity index (χ3v) is 3.42. The van der Waals surface area contributed by atoms with Crippen LogP contribution in [0, 0.1) is 17.0 Å². The molecule has 0 aliphatic carbocycles. The third-order valence-electron chi connectivity index (χ3n) is 2.42. The normalized spacial score (nSPS) is 10.3. The molecule has 2 aromatic rings. The maximum atomic E-state index is 10.5. The minimum atomic E-state index is -0.452. The van der Waals surface area contributed by atoms with Gasteiger partial charge in [-0.05, 0) is 24.6 Å². The highest BCUT2D eigenvalue weighted by molar-refractivity contribution is 7.98. The summed E-state index contributed by atoms with van der Waals surface area (Å²) in [5, 5.41) is 11.3. The lowest BCUT2D eigenvalue weighted by molar-refractivity contribution is -0.385. The second-order valence-corrected chi connectivity index (χ2v) is 4.64. The summed E-state index contributed by atoms with van der Waals surface area (Å²) >= 11 is 1.53. The number of rotatable bonds is 4. The van der Waals surface area contributed by atoms with Crippen molar-refractivity contribution in [2.24, 2.45) is 0 Å². The standard InChI is InChI=1S/C12H11N3O2S/c1-9-10(3-2-6-13-9)8-18-12-5-4-11(7-14-12)15(16)17/h2-7H,8H2,1H3. The van der Waals surface area contributed by atoms with Crippen LogP contribution in [0.3, 0.4) is 0 Å². The Kier molecular flexibility index (Phi) is 3.88. The molecule has 0 bridgehead atoms. The lowest BCUT2D eigenvalue weighted by Gasteiger charge is -2.03. The van der Waals surface area contributed by atoms with E-state index in [1.54, 1.807) is 12.3 Å². The van der Waals surface area contributed by atoms with Crippen LogP contribution in [0.15, 0.2) is 41.7 Å². The summed E-state index contributed by atoms with van der Waals surface area (Å²) in [7, 11) is 0. The van der Waals surface area contributed by atoms with E-state index < -0.39 is 4.92 Å². The van der Waals surface area contributed by atoms with Gasteiger partial charge >= 0.3 is 0 Å². The Balaban J connectivity index is 2.02. The maximum absolute atomic E-state index is 10.5. The average Bonchev–Trinajstić information content (AvgIpc) is 2.38. The van der Waals surface area contributed by atoms with Crippen molar-refractivity contribution in [1.82, 2.24) is 9.97 Å². The molecule has 0 spiro atoms. The predicted molar refractivity (Wildman–Crippen MR) is 69.4 cm³/mol. The molecule has 0 fully saturated rings. The van der Waals surface area contributed by atoms with Crippen LogP contribution in [-0.2, 0) is 5.75 Å². The van der Waals surface area contributed by atoms with Crippen LogP contribution in [0.2, 0.25) is 0 Å². The fourth-order valence-corrected chi connectivity index (χ4v) is 2.29. The van der Waals surface area contributed by atoms with E-state index in [0.29, 0.717) is 0 Å². The molecule has 0 amide bonds. The summed E-state index contributed by atoms with van der Waals surface area (Å²) < 4.78 is 0. The van der Waals surface area contributed by atoms with Crippen molar-refractivity contribution < 1.29 is 4.92 Å². The number of aromatic nitrogens is 2. The van der Waals surface area contributed by atoms with Crippen LogP contribution >= 0.6 is 11.8 Å². The summed E-state index contributed by atoms with van der Waals surface area (Å²) in [6.45, 7) is 1.96. The van der Waals surface area contributed by atoms with Crippen molar-refractivity contribution >= 4 is 17.4 Å². The summed E-state index contributed by atoms with van der Waals surface area (Å²) in [6, 6.07) is 7.03. The van der Waals surface area contributed by atoms with E-state index in [1.807, 2.05) is 19.1 Å². The third kappa shape index (κ3) is 3.04. The first kappa shape index (κ1) is 12.5. The Labute approximate surface area is 108 Å². The molecular weight excluding hydrogens is 250 g/mol. The minimum absolute atomic E-state index is 0.0110. The molecule has 6 heteroatoms. The lowest BCUT2D eigenvalue weighted by atomic mass is 10.2.